The fraction of sp³-hybridized carbons (Fsp3) is 0.394. The van der Waals surface area contributed by atoms with Crippen LogP contribution >= 0.6 is 0 Å². The number of hydrogen-bond donors (Lipinski definition) is 3. The predicted molar refractivity (Wildman–Crippen MR) is 154 cm³/mol. The lowest BCUT2D eigenvalue weighted by atomic mass is 9.86. The molecule has 262 valence electrons. The minimum atomic E-state index is -5.35. The van der Waals surface area contributed by atoms with E-state index in [1.165, 1.54) is 19.1 Å². The highest BCUT2D eigenvalue weighted by molar-refractivity contribution is 6.02. The highest BCUT2D eigenvalue weighted by Crippen LogP contribution is 2.44. The molecule has 6 nitrogen and oxygen atoms in total. The fourth-order valence-corrected chi connectivity index (χ4v) is 4.76. The van der Waals surface area contributed by atoms with Crippen molar-refractivity contribution in [2.75, 3.05) is 0 Å². The largest absolute Gasteiger partial charge is 0.457 e. The van der Waals surface area contributed by atoms with Crippen LogP contribution < -0.4 is 4.74 Å². The molecule has 0 radical (unpaired) electrons. The molecule has 0 aliphatic rings. The number of carbonyl (C=O) groups is 2. The van der Waals surface area contributed by atoms with Crippen LogP contribution in [0.15, 0.2) is 54.6 Å². The molecule has 3 aromatic carbocycles. The summed E-state index contributed by atoms with van der Waals surface area (Å²) in [6.45, 7) is 3.79. The Kier molecular flexibility index (Phi) is 10.3. The molecule has 3 atom stereocenters. The Bertz CT molecular complexity index is 1700. The summed E-state index contributed by atoms with van der Waals surface area (Å²) in [4.78, 5) is 25.3. The van der Waals surface area contributed by atoms with Gasteiger partial charge in [-0.2, -0.15) is 39.5 Å². The van der Waals surface area contributed by atoms with Gasteiger partial charge in [0.2, 0.25) is 0 Å². The molecule has 3 unspecified atom stereocenters. The lowest BCUT2D eigenvalue weighted by Crippen LogP contribution is -2.40. The van der Waals surface area contributed by atoms with Crippen molar-refractivity contribution in [3.05, 3.63) is 93.5 Å². The Morgan fingerprint density at radius 2 is 1.04 bits per heavy atom. The molecule has 0 amide bonds. The quantitative estimate of drug-likeness (QED) is 0.147. The van der Waals surface area contributed by atoms with Gasteiger partial charge in [-0.15, -0.1) is 0 Å². The Hall–Kier alpha value is -3.95. The molecule has 0 heterocycles. The van der Waals surface area contributed by atoms with Crippen LogP contribution in [0.1, 0.15) is 83.2 Å². The first-order chi connectivity index (χ1) is 21.6. The molecule has 0 saturated carbocycles. The van der Waals surface area contributed by atoms with Crippen LogP contribution in [0.4, 0.5) is 39.5 Å². The van der Waals surface area contributed by atoms with E-state index < -0.39 is 92.4 Å². The second-order valence-electron chi connectivity index (χ2n) is 11.8. The summed E-state index contributed by atoms with van der Waals surface area (Å²) >= 11 is 0. The maximum Gasteiger partial charge on any atom is 0.421 e. The summed E-state index contributed by atoms with van der Waals surface area (Å²) in [5.41, 5.74) is -14.2. The molecule has 3 rings (SSSR count). The fourth-order valence-electron chi connectivity index (χ4n) is 4.76. The smallest absolute Gasteiger partial charge is 0.421 e. The molecule has 48 heavy (non-hydrogen) atoms. The van der Waals surface area contributed by atoms with Gasteiger partial charge in [0.1, 0.15) is 11.5 Å². The average molecular weight is 695 g/mol. The molecule has 15 heteroatoms. The number of aliphatic hydroxyl groups is 3. The normalized spacial score (nSPS) is 16.4. The zero-order chi connectivity index (χ0) is 36.8. The van der Waals surface area contributed by atoms with E-state index in [0.29, 0.717) is 32.9 Å². The Labute approximate surface area is 268 Å². The minimum absolute atomic E-state index is 0.0771. The van der Waals surface area contributed by atoms with E-state index in [4.69, 9.17) is 4.74 Å². The number of rotatable bonds is 10. The van der Waals surface area contributed by atoms with Gasteiger partial charge in [-0.1, -0.05) is 19.1 Å². The third kappa shape index (κ3) is 7.52. The summed E-state index contributed by atoms with van der Waals surface area (Å²) in [5.74, 6) is -2.61. The molecule has 0 aliphatic carbocycles. The van der Waals surface area contributed by atoms with Crippen LogP contribution in [-0.2, 0) is 29.6 Å². The summed E-state index contributed by atoms with van der Waals surface area (Å²) in [5, 5.41) is 31.0. The highest BCUT2D eigenvalue weighted by atomic mass is 19.4. The number of carbonyl (C=O) groups excluding carboxylic acids is 2. The third-order valence-electron chi connectivity index (χ3n) is 8.06. The van der Waals surface area contributed by atoms with Crippen molar-refractivity contribution in [1.29, 1.82) is 0 Å². The van der Waals surface area contributed by atoms with Gasteiger partial charge in [-0.3, -0.25) is 9.59 Å². The number of ether oxygens (including phenoxy) is 1. The molecule has 0 aromatic heterocycles. The Balaban J connectivity index is 2.13. The molecule has 0 spiro atoms. The topological polar surface area (TPSA) is 104 Å². The first-order valence-electron chi connectivity index (χ1n) is 14.2. The lowest BCUT2D eigenvalue weighted by molar-refractivity contribution is -0.259. The predicted octanol–water partition coefficient (Wildman–Crippen LogP) is 7.98. The summed E-state index contributed by atoms with van der Waals surface area (Å²) in [7, 11) is 0. The van der Waals surface area contributed by atoms with Crippen molar-refractivity contribution in [1.82, 2.24) is 0 Å². The van der Waals surface area contributed by atoms with Crippen LogP contribution in [0.2, 0.25) is 0 Å². The van der Waals surface area contributed by atoms with Crippen LogP contribution in [0.25, 0.3) is 0 Å². The number of Topliss-reactive ketones (excluding diaryl/α,β-unsaturated/α-hetero) is 2. The van der Waals surface area contributed by atoms with Gasteiger partial charge in [0.25, 0.3) is 0 Å². The van der Waals surface area contributed by atoms with Gasteiger partial charge in [0, 0.05) is 17.5 Å². The second kappa shape index (κ2) is 12.8. The standard InChI is InChI=1S/C33H31F9O6/c1-6-18-7-9-23(15-25(18)29(4,46)32(37,38)39)48-24-10-8-19(26(16-24)30(5,47)33(40,41)42)14-27(44)21-11-20(17(2)43)12-22(13-21)28(3,45)31(34,35)36/h7-13,15-16,45-47H,6,14H2,1-5H3. The Morgan fingerprint density at radius 3 is 1.46 bits per heavy atom. The number of aryl methyl sites for hydroxylation is 1. The minimum Gasteiger partial charge on any atom is -0.457 e. The van der Waals surface area contributed by atoms with Crippen molar-refractivity contribution in [3.8, 4) is 11.5 Å². The maximum absolute atomic E-state index is 14.1. The molecule has 3 N–H and O–H groups in total. The number of hydrogen-bond acceptors (Lipinski definition) is 6. The Morgan fingerprint density at radius 1 is 0.625 bits per heavy atom. The number of benzene rings is 3. The van der Waals surface area contributed by atoms with E-state index in [1.54, 1.807) is 0 Å². The third-order valence-corrected chi connectivity index (χ3v) is 8.06. The molecule has 0 fully saturated rings. The zero-order valence-corrected chi connectivity index (χ0v) is 26.1. The number of halogens is 9. The molecule has 0 aliphatic heterocycles. The van der Waals surface area contributed by atoms with E-state index >= 15 is 0 Å². The van der Waals surface area contributed by atoms with Crippen molar-refractivity contribution in [3.63, 3.8) is 0 Å². The van der Waals surface area contributed by atoms with E-state index in [9.17, 15) is 64.4 Å². The molecule has 0 saturated heterocycles. The monoisotopic (exact) mass is 694 g/mol. The lowest BCUT2D eigenvalue weighted by Gasteiger charge is -2.30. The zero-order valence-electron chi connectivity index (χ0n) is 26.1. The van der Waals surface area contributed by atoms with Gasteiger partial charge in [-0.25, -0.2) is 0 Å². The highest BCUT2D eigenvalue weighted by Gasteiger charge is 2.54. The van der Waals surface area contributed by atoms with E-state index in [1.807, 2.05) is 0 Å². The SMILES string of the molecule is CCc1ccc(Oc2ccc(CC(=O)c3cc(C(C)=O)cc(C(C)(O)C(F)(F)F)c3)c(C(C)(O)C(F)(F)F)c2)cc1C(C)(O)C(F)(F)F. The first-order valence-corrected chi connectivity index (χ1v) is 14.2. The van der Waals surface area contributed by atoms with Crippen LogP contribution in [0.5, 0.6) is 11.5 Å². The molecule has 3 aromatic rings. The van der Waals surface area contributed by atoms with Crippen LogP contribution in [0.3, 0.4) is 0 Å². The van der Waals surface area contributed by atoms with Crippen molar-refractivity contribution in [2.24, 2.45) is 0 Å². The van der Waals surface area contributed by atoms with Crippen LogP contribution in [-0.4, -0.2) is 45.4 Å². The van der Waals surface area contributed by atoms with E-state index in [0.717, 1.165) is 37.3 Å². The van der Waals surface area contributed by atoms with Gasteiger partial charge >= 0.3 is 18.5 Å². The van der Waals surface area contributed by atoms with Crippen LogP contribution in [0, 0.1) is 0 Å². The van der Waals surface area contributed by atoms with Gasteiger partial charge in [-0.05, 0) is 104 Å². The van der Waals surface area contributed by atoms with Crippen molar-refractivity contribution in [2.45, 2.75) is 82.8 Å². The first kappa shape index (κ1) is 38.5. The van der Waals surface area contributed by atoms with Crippen molar-refractivity contribution >= 4 is 11.6 Å². The maximum atomic E-state index is 14.1. The van der Waals surface area contributed by atoms with Crippen molar-refractivity contribution < 1.29 is 69.2 Å². The molecular weight excluding hydrogens is 663 g/mol. The summed E-state index contributed by atoms with van der Waals surface area (Å²) in [6, 6.07) is 8.26. The molecular formula is C33H31F9O6. The average Bonchev–Trinajstić information content (AvgIpc) is 2.95. The molecule has 0 bridgehead atoms. The summed E-state index contributed by atoms with van der Waals surface area (Å²) < 4.78 is 129. The number of alkyl halides is 9. The second-order valence-corrected chi connectivity index (χ2v) is 11.8. The number of ketones is 2. The van der Waals surface area contributed by atoms with E-state index in [2.05, 4.69) is 0 Å². The van der Waals surface area contributed by atoms with E-state index in [-0.39, 0.29) is 17.7 Å². The van der Waals surface area contributed by atoms with Gasteiger partial charge < -0.3 is 20.1 Å². The summed E-state index contributed by atoms with van der Waals surface area (Å²) in [6.07, 6.45) is -16.6. The van der Waals surface area contributed by atoms with Gasteiger partial charge in [0.15, 0.2) is 28.4 Å². The van der Waals surface area contributed by atoms with Gasteiger partial charge in [0.05, 0.1) is 0 Å².